The Kier molecular flexibility index (Phi) is 5.01. The topological polar surface area (TPSA) is 94.8 Å². The Morgan fingerprint density at radius 2 is 1.81 bits per heavy atom. The number of carbonyl (C=O) groups is 1. The van der Waals surface area contributed by atoms with Crippen molar-refractivity contribution in [2.45, 2.75) is 0 Å². The average Bonchev–Trinajstić information content (AvgIpc) is 3.39. The van der Waals surface area contributed by atoms with Crippen LogP contribution >= 0.6 is 0 Å². The van der Waals surface area contributed by atoms with Crippen molar-refractivity contribution in [1.29, 1.82) is 0 Å². The molecule has 8 heteroatoms. The van der Waals surface area contributed by atoms with Gasteiger partial charge in [0.25, 0.3) is 5.91 Å². The maximum atomic E-state index is 13.3. The van der Waals surface area contributed by atoms with Gasteiger partial charge in [-0.15, -0.1) is 5.10 Å². The number of hydrogen-bond acceptors (Lipinski definition) is 6. The van der Waals surface area contributed by atoms with Crippen molar-refractivity contribution >= 4 is 22.5 Å². The summed E-state index contributed by atoms with van der Waals surface area (Å²) in [6.45, 7) is 0. The van der Waals surface area contributed by atoms with Crippen LogP contribution in [0.5, 0.6) is 5.75 Å². The minimum atomic E-state index is -0.229. The second-order valence-corrected chi connectivity index (χ2v) is 7.06. The molecule has 5 rings (SSSR count). The van der Waals surface area contributed by atoms with E-state index < -0.39 is 0 Å². The molecule has 32 heavy (non-hydrogen) atoms. The summed E-state index contributed by atoms with van der Waals surface area (Å²) in [5, 5.41) is 14.9. The first-order valence-electron chi connectivity index (χ1n) is 9.90. The number of fused-ring (bicyclic) bond motifs is 1. The van der Waals surface area contributed by atoms with Gasteiger partial charge in [0.15, 0.2) is 0 Å². The highest BCUT2D eigenvalue weighted by atomic mass is 16.5. The fraction of sp³-hybridized carbons (Fsp3) is 0.0417. The molecule has 0 aliphatic carbocycles. The van der Waals surface area contributed by atoms with Crippen LogP contribution in [0.4, 0.5) is 5.69 Å². The molecule has 1 amide bonds. The lowest BCUT2D eigenvalue weighted by atomic mass is 10.0. The van der Waals surface area contributed by atoms with Gasteiger partial charge in [-0.1, -0.05) is 24.3 Å². The number of nitrogens with zero attached hydrogens (tertiary/aromatic N) is 5. The predicted octanol–water partition coefficient (Wildman–Crippen LogP) is 4.14. The molecule has 0 radical (unpaired) electrons. The molecular weight excluding hydrogens is 404 g/mol. The van der Waals surface area contributed by atoms with Crippen LogP contribution in [-0.4, -0.2) is 38.2 Å². The molecule has 0 saturated carbocycles. The van der Waals surface area contributed by atoms with E-state index in [1.165, 1.54) is 11.0 Å². The quantitative estimate of drug-likeness (QED) is 0.457. The molecule has 0 aliphatic rings. The Balaban J connectivity index is 1.52. The highest BCUT2D eigenvalue weighted by Gasteiger charge is 2.15. The van der Waals surface area contributed by atoms with Gasteiger partial charge in [-0.2, -0.15) is 0 Å². The number of carbonyl (C=O) groups excluding carboxylic acids is 1. The molecule has 1 N–H and O–H groups in total. The van der Waals surface area contributed by atoms with Gasteiger partial charge in [0, 0.05) is 16.6 Å². The van der Waals surface area contributed by atoms with Gasteiger partial charge in [0.2, 0.25) is 0 Å². The van der Waals surface area contributed by atoms with E-state index >= 15 is 0 Å². The highest BCUT2D eigenvalue weighted by molar-refractivity contribution is 6.13. The summed E-state index contributed by atoms with van der Waals surface area (Å²) < 4.78 is 6.77. The fourth-order valence-electron chi connectivity index (χ4n) is 3.48. The summed E-state index contributed by atoms with van der Waals surface area (Å²) in [5.74, 6) is 0.530. The number of rotatable bonds is 5. The van der Waals surface area contributed by atoms with Crippen LogP contribution in [0.2, 0.25) is 0 Å². The van der Waals surface area contributed by atoms with E-state index in [9.17, 15) is 4.79 Å². The van der Waals surface area contributed by atoms with Crippen molar-refractivity contribution in [2.75, 3.05) is 12.4 Å². The van der Waals surface area contributed by atoms with Gasteiger partial charge in [-0.05, 0) is 65.0 Å². The largest absolute Gasteiger partial charge is 0.497 e. The average molecular weight is 422 g/mol. The molecule has 0 atom stereocenters. The first-order valence-corrected chi connectivity index (χ1v) is 9.90. The summed E-state index contributed by atoms with van der Waals surface area (Å²) in [6, 6.07) is 24.3. The Labute approximate surface area is 183 Å². The molecule has 0 saturated heterocycles. The minimum absolute atomic E-state index is 0.229. The Bertz CT molecular complexity index is 1400. The van der Waals surface area contributed by atoms with Gasteiger partial charge >= 0.3 is 0 Å². The smallest absolute Gasteiger partial charge is 0.256 e. The second-order valence-electron chi connectivity index (χ2n) is 7.06. The standard InChI is InChI=1S/C24H18N6O2/c1-32-19-11-9-16(10-12-19)23-14-21(20-7-2-3-8-22(20)27-23)24(31)26-17-5-4-6-18(13-17)30-15-25-28-29-30/h2-15H,1H3,(H,26,31). The van der Waals surface area contributed by atoms with Crippen molar-refractivity contribution in [2.24, 2.45) is 0 Å². The van der Waals surface area contributed by atoms with Crippen LogP contribution in [0, 0.1) is 0 Å². The van der Waals surface area contributed by atoms with E-state index in [0.29, 0.717) is 16.9 Å². The van der Waals surface area contributed by atoms with Crippen molar-refractivity contribution < 1.29 is 9.53 Å². The zero-order chi connectivity index (χ0) is 21.9. The summed E-state index contributed by atoms with van der Waals surface area (Å²) in [6.07, 6.45) is 1.50. The number of pyridine rings is 1. The maximum Gasteiger partial charge on any atom is 0.256 e. The molecule has 3 aromatic carbocycles. The number of para-hydroxylation sites is 1. The number of benzene rings is 3. The van der Waals surface area contributed by atoms with E-state index in [1.54, 1.807) is 7.11 Å². The molecule has 0 aliphatic heterocycles. The second kappa shape index (κ2) is 8.27. The van der Waals surface area contributed by atoms with E-state index in [0.717, 1.165) is 27.9 Å². The molecule has 2 heterocycles. The van der Waals surface area contributed by atoms with Crippen LogP contribution in [0.1, 0.15) is 10.4 Å². The first-order chi connectivity index (χ1) is 15.7. The van der Waals surface area contributed by atoms with Gasteiger partial charge < -0.3 is 10.1 Å². The van der Waals surface area contributed by atoms with Gasteiger partial charge in [0.05, 0.1) is 29.6 Å². The van der Waals surface area contributed by atoms with Crippen molar-refractivity contribution in [3.8, 4) is 22.7 Å². The fourth-order valence-corrected chi connectivity index (χ4v) is 3.48. The molecule has 0 spiro atoms. The highest BCUT2D eigenvalue weighted by Crippen LogP contribution is 2.27. The Morgan fingerprint density at radius 3 is 2.59 bits per heavy atom. The summed E-state index contributed by atoms with van der Waals surface area (Å²) in [4.78, 5) is 18.1. The van der Waals surface area contributed by atoms with Crippen molar-refractivity contribution in [3.05, 3.63) is 90.8 Å². The third-order valence-corrected chi connectivity index (χ3v) is 5.06. The normalized spacial score (nSPS) is 10.8. The number of amides is 1. The third kappa shape index (κ3) is 3.77. The molecule has 2 aromatic heterocycles. The maximum absolute atomic E-state index is 13.3. The molecule has 0 fully saturated rings. The zero-order valence-electron chi connectivity index (χ0n) is 17.1. The molecule has 8 nitrogen and oxygen atoms in total. The number of anilines is 1. The van der Waals surface area contributed by atoms with Crippen molar-refractivity contribution in [1.82, 2.24) is 25.2 Å². The zero-order valence-corrected chi connectivity index (χ0v) is 17.1. The minimum Gasteiger partial charge on any atom is -0.497 e. The summed E-state index contributed by atoms with van der Waals surface area (Å²) >= 11 is 0. The van der Waals surface area contributed by atoms with Gasteiger partial charge in [0.1, 0.15) is 12.1 Å². The SMILES string of the molecule is COc1ccc(-c2cc(C(=O)Nc3cccc(-n4cnnn4)c3)c3ccccc3n2)cc1. The van der Waals surface area contributed by atoms with Crippen LogP contribution in [0.15, 0.2) is 85.2 Å². The summed E-state index contributed by atoms with van der Waals surface area (Å²) in [5.41, 5.74) is 4.26. The number of aromatic nitrogens is 5. The Morgan fingerprint density at radius 1 is 0.969 bits per heavy atom. The number of hydrogen-bond donors (Lipinski definition) is 1. The van der Waals surface area contributed by atoms with Gasteiger partial charge in [-0.3, -0.25) is 4.79 Å². The molecule has 156 valence electrons. The number of nitrogens with one attached hydrogen (secondary N) is 1. The van der Waals surface area contributed by atoms with E-state index in [-0.39, 0.29) is 5.91 Å². The van der Waals surface area contributed by atoms with E-state index in [2.05, 4.69) is 20.8 Å². The number of ether oxygens (including phenoxy) is 1. The third-order valence-electron chi connectivity index (χ3n) is 5.06. The monoisotopic (exact) mass is 422 g/mol. The number of methoxy groups -OCH3 is 1. The molecule has 0 bridgehead atoms. The van der Waals surface area contributed by atoms with Crippen LogP contribution in [0.3, 0.4) is 0 Å². The Hall–Kier alpha value is -4.59. The first kappa shape index (κ1) is 19.4. The molecule has 0 unspecified atom stereocenters. The van der Waals surface area contributed by atoms with Crippen LogP contribution in [-0.2, 0) is 0 Å². The lowest BCUT2D eigenvalue weighted by Gasteiger charge is -2.12. The lowest BCUT2D eigenvalue weighted by molar-refractivity contribution is 0.102. The lowest BCUT2D eigenvalue weighted by Crippen LogP contribution is -2.13. The van der Waals surface area contributed by atoms with Crippen LogP contribution < -0.4 is 10.1 Å². The number of tetrazole rings is 1. The predicted molar refractivity (Wildman–Crippen MR) is 121 cm³/mol. The molecular formula is C24H18N6O2. The molecule has 5 aromatic rings. The van der Waals surface area contributed by atoms with Crippen molar-refractivity contribution in [3.63, 3.8) is 0 Å². The van der Waals surface area contributed by atoms with Crippen LogP contribution in [0.25, 0.3) is 27.8 Å². The summed E-state index contributed by atoms with van der Waals surface area (Å²) in [7, 11) is 1.63. The van der Waals surface area contributed by atoms with E-state index in [1.807, 2.05) is 78.9 Å². The van der Waals surface area contributed by atoms with Gasteiger partial charge in [-0.25, -0.2) is 9.67 Å². The van der Waals surface area contributed by atoms with E-state index in [4.69, 9.17) is 9.72 Å².